The third-order valence-electron chi connectivity index (χ3n) is 4.27. The molecule has 2 unspecified atom stereocenters. The van der Waals surface area contributed by atoms with Crippen LogP contribution in [0.15, 0.2) is 59.5 Å². The topological polar surface area (TPSA) is 54.4 Å². The Balaban J connectivity index is 1.77. The predicted octanol–water partition coefficient (Wildman–Crippen LogP) is 3.29. The van der Waals surface area contributed by atoms with E-state index in [0.29, 0.717) is 17.7 Å². The molecule has 0 saturated heterocycles. The summed E-state index contributed by atoms with van der Waals surface area (Å²) < 4.78 is 25.2. The van der Waals surface area contributed by atoms with Gasteiger partial charge >= 0.3 is 0 Å². The summed E-state index contributed by atoms with van der Waals surface area (Å²) in [6.07, 6.45) is 1.11. The maximum absolute atomic E-state index is 12.6. The van der Waals surface area contributed by atoms with Crippen molar-refractivity contribution in [3.05, 3.63) is 54.6 Å². The second kappa shape index (κ2) is 6.43. The molecule has 0 fully saturated rings. The van der Waals surface area contributed by atoms with Gasteiger partial charge in [0.1, 0.15) is 5.60 Å². The van der Waals surface area contributed by atoms with Crippen LogP contribution < -0.4 is 0 Å². The highest BCUT2D eigenvalue weighted by Crippen LogP contribution is 2.25. The molecule has 3 nitrogen and oxygen atoms in total. The monoisotopic (exact) mass is 340 g/mol. The lowest BCUT2D eigenvalue weighted by Gasteiger charge is -2.23. The highest BCUT2D eigenvalue weighted by molar-refractivity contribution is 7.91. The zero-order valence-corrected chi connectivity index (χ0v) is 14.4. The molecule has 1 N–H and O–H groups in total. The van der Waals surface area contributed by atoms with Gasteiger partial charge in [-0.05, 0) is 43.0 Å². The van der Waals surface area contributed by atoms with Crippen LogP contribution in [-0.4, -0.2) is 24.9 Å². The van der Waals surface area contributed by atoms with Crippen molar-refractivity contribution in [2.75, 3.05) is 5.75 Å². The standard InChI is InChI=1S/C20H20O3S/c1-20(21)13-11-16(12-14-20)15-24(22,23)19-9-7-18(8-10-19)17-5-3-2-4-6-17/h2-10,16,21H,11,13,15H2,1H3. The minimum absolute atomic E-state index is 0.000758. The normalized spacial score (nSPS) is 23.3. The van der Waals surface area contributed by atoms with Crippen molar-refractivity contribution in [2.45, 2.75) is 30.3 Å². The third-order valence-corrected chi connectivity index (χ3v) is 6.10. The lowest BCUT2D eigenvalue weighted by molar-refractivity contribution is 0.103. The minimum atomic E-state index is -3.38. The zero-order valence-electron chi connectivity index (χ0n) is 13.6. The van der Waals surface area contributed by atoms with E-state index in [9.17, 15) is 13.5 Å². The van der Waals surface area contributed by atoms with Crippen molar-refractivity contribution >= 4 is 9.84 Å². The van der Waals surface area contributed by atoms with Crippen LogP contribution in [0.5, 0.6) is 0 Å². The number of benzene rings is 2. The molecular formula is C20H20O3S. The lowest BCUT2D eigenvalue weighted by atomic mass is 9.90. The first kappa shape index (κ1) is 16.8. The number of hydrogen-bond acceptors (Lipinski definition) is 3. The summed E-state index contributed by atoms with van der Waals surface area (Å²) in [6.45, 7) is 1.66. The van der Waals surface area contributed by atoms with E-state index in [1.807, 2.05) is 42.5 Å². The molecule has 2 aromatic carbocycles. The van der Waals surface area contributed by atoms with Crippen LogP contribution in [0.3, 0.4) is 0 Å². The molecule has 124 valence electrons. The Morgan fingerprint density at radius 3 is 2.29 bits per heavy atom. The van der Waals surface area contributed by atoms with Gasteiger partial charge in [0.25, 0.3) is 0 Å². The van der Waals surface area contributed by atoms with Crippen LogP contribution in [0.2, 0.25) is 0 Å². The highest BCUT2D eigenvalue weighted by atomic mass is 32.2. The smallest absolute Gasteiger partial charge is 0.179 e. The van der Waals surface area contributed by atoms with Crippen molar-refractivity contribution in [1.82, 2.24) is 0 Å². The van der Waals surface area contributed by atoms with Gasteiger partial charge < -0.3 is 5.11 Å². The number of aliphatic hydroxyl groups is 1. The molecule has 0 radical (unpaired) electrons. The Morgan fingerprint density at radius 2 is 1.71 bits per heavy atom. The molecule has 0 aromatic heterocycles. The molecule has 3 rings (SSSR count). The Bertz CT molecular complexity index is 870. The quantitative estimate of drug-likeness (QED) is 0.869. The molecule has 1 aliphatic rings. The summed E-state index contributed by atoms with van der Waals surface area (Å²) in [6, 6.07) is 16.8. The Morgan fingerprint density at radius 1 is 1.08 bits per heavy atom. The maximum Gasteiger partial charge on any atom is 0.179 e. The van der Waals surface area contributed by atoms with Gasteiger partial charge in [0.2, 0.25) is 0 Å². The van der Waals surface area contributed by atoms with Gasteiger partial charge in [0.05, 0.1) is 10.6 Å². The van der Waals surface area contributed by atoms with E-state index < -0.39 is 15.4 Å². The minimum Gasteiger partial charge on any atom is -0.378 e. The van der Waals surface area contributed by atoms with Crippen LogP contribution in [0.1, 0.15) is 19.8 Å². The second-order valence-corrected chi connectivity index (χ2v) is 8.48. The van der Waals surface area contributed by atoms with Crippen LogP contribution >= 0.6 is 0 Å². The predicted molar refractivity (Wildman–Crippen MR) is 95.1 cm³/mol. The Labute approximate surface area is 143 Å². The van der Waals surface area contributed by atoms with Crippen LogP contribution in [-0.2, 0) is 9.84 Å². The zero-order chi connectivity index (χ0) is 17.2. The fourth-order valence-electron chi connectivity index (χ4n) is 2.82. The second-order valence-electron chi connectivity index (χ2n) is 6.45. The Kier molecular flexibility index (Phi) is 4.49. The van der Waals surface area contributed by atoms with E-state index >= 15 is 0 Å². The molecule has 0 aliphatic heterocycles. The highest BCUT2D eigenvalue weighted by Gasteiger charge is 2.27. The number of sulfone groups is 1. The summed E-state index contributed by atoms with van der Waals surface area (Å²) >= 11 is 0. The van der Waals surface area contributed by atoms with Gasteiger partial charge in [-0.2, -0.15) is 0 Å². The average Bonchev–Trinajstić information content (AvgIpc) is 2.58. The molecule has 2 aromatic rings. The first-order valence-corrected chi connectivity index (χ1v) is 9.64. The SMILES string of the molecule is CC1(O)C#CC(CS(=O)(=O)c2ccc(-c3ccccc3)cc2)CC1. The Hall–Kier alpha value is -2.09. The number of rotatable bonds is 4. The van der Waals surface area contributed by atoms with Crippen LogP contribution in [0.4, 0.5) is 0 Å². The molecule has 4 heteroatoms. The van der Waals surface area contributed by atoms with Gasteiger partial charge in [-0.25, -0.2) is 8.42 Å². The van der Waals surface area contributed by atoms with Gasteiger partial charge in [0, 0.05) is 5.92 Å². The van der Waals surface area contributed by atoms with E-state index in [1.54, 1.807) is 19.1 Å². The van der Waals surface area contributed by atoms with E-state index in [2.05, 4.69) is 11.8 Å². The lowest BCUT2D eigenvalue weighted by Crippen LogP contribution is -2.28. The molecule has 24 heavy (non-hydrogen) atoms. The fraction of sp³-hybridized carbons (Fsp3) is 0.300. The van der Waals surface area contributed by atoms with Crippen LogP contribution in [0.25, 0.3) is 11.1 Å². The molecule has 2 atom stereocenters. The van der Waals surface area contributed by atoms with Gasteiger partial charge in [0.15, 0.2) is 9.84 Å². The summed E-state index contributed by atoms with van der Waals surface area (Å²) in [7, 11) is -3.38. The average molecular weight is 340 g/mol. The van der Waals surface area contributed by atoms with Crippen molar-refractivity contribution < 1.29 is 13.5 Å². The van der Waals surface area contributed by atoms with Crippen molar-refractivity contribution in [1.29, 1.82) is 0 Å². The first-order valence-electron chi connectivity index (χ1n) is 7.99. The fourth-order valence-corrected chi connectivity index (χ4v) is 4.34. The van der Waals surface area contributed by atoms with E-state index in [1.165, 1.54) is 0 Å². The van der Waals surface area contributed by atoms with Gasteiger partial charge in [-0.1, -0.05) is 54.3 Å². The maximum atomic E-state index is 12.6. The molecular weight excluding hydrogens is 320 g/mol. The van der Waals surface area contributed by atoms with Crippen molar-refractivity contribution in [3.8, 4) is 23.0 Å². The summed E-state index contributed by atoms with van der Waals surface area (Å²) in [5.41, 5.74) is 1.06. The molecule has 0 heterocycles. The summed E-state index contributed by atoms with van der Waals surface area (Å²) in [5, 5.41) is 9.82. The largest absolute Gasteiger partial charge is 0.378 e. The van der Waals surface area contributed by atoms with E-state index in [-0.39, 0.29) is 11.7 Å². The van der Waals surface area contributed by atoms with Gasteiger partial charge in [-0.15, -0.1) is 0 Å². The van der Waals surface area contributed by atoms with Crippen molar-refractivity contribution in [2.24, 2.45) is 5.92 Å². The molecule has 0 bridgehead atoms. The first-order chi connectivity index (χ1) is 11.4. The summed E-state index contributed by atoms with van der Waals surface area (Å²) in [4.78, 5) is 0.321. The van der Waals surface area contributed by atoms with Crippen molar-refractivity contribution in [3.63, 3.8) is 0 Å². The van der Waals surface area contributed by atoms with E-state index in [4.69, 9.17) is 0 Å². The summed E-state index contributed by atoms with van der Waals surface area (Å²) in [5.74, 6) is 5.43. The van der Waals surface area contributed by atoms with E-state index in [0.717, 1.165) is 11.1 Å². The molecule has 0 spiro atoms. The molecule has 0 saturated carbocycles. The van der Waals surface area contributed by atoms with Gasteiger partial charge in [-0.3, -0.25) is 0 Å². The number of hydrogen-bond donors (Lipinski definition) is 1. The molecule has 1 aliphatic carbocycles. The third kappa shape index (κ3) is 3.87. The molecule has 0 amide bonds. The van der Waals surface area contributed by atoms with Crippen LogP contribution in [0, 0.1) is 17.8 Å².